The summed E-state index contributed by atoms with van der Waals surface area (Å²) in [6.07, 6.45) is 1.68. The molecule has 0 saturated carbocycles. The van der Waals surface area contributed by atoms with Crippen LogP contribution in [0.5, 0.6) is 5.75 Å². The van der Waals surface area contributed by atoms with E-state index in [2.05, 4.69) is 15.8 Å². The maximum atomic E-state index is 10.6. The number of benzene rings is 2. The molecule has 2 aromatic rings. The SMILES string of the molecule is CC(C)Oc1ccc(CNC(=S)N/N=C/c2ccc([N+](=O)[O-])cc2)cc1. The highest BCUT2D eigenvalue weighted by atomic mass is 32.1. The van der Waals surface area contributed by atoms with E-state index in [4.69, 9.17) is 17.0 Å². The monoisotopic (exact) mass is 372 g/mol. The molecule has 7 nitrogen and oxygen atoms in total. The minimum atomic E-state index is -0.445. The molecule has 26 heavy (non-hydrogen) atoms. The molecule has 8 heteroatoms. The maximum Gasteiger partial charge on any atom is 0.269 e. The standard InChI is InChI=1S/C18H20N4O3S/c1-13(2)25-17-9-5-14(6-10-17)11-19-18(26)21-20-12-15-3-7-16(8-4-15)22(23)24/h3-10,12-13H,11H2,1-2H3,(H2,19,21,26)/b20-12+. The lowest BCUT2D eigenvalue weighted by atomic mass is 10.2. The first kappa shape index (κ1) is 19.3. The third-order valence-corrected chi connectivity index (χ3v) is 3.47. The maximum absolute atomic E-state index is 10.6. The normalized spacial score (nSPS) is 10.7. The largest absolute Gasteiger partial charge is 0.491 e. The molecule has 0 amide bonds. The summed E-state index contributed by atoms with van der Waals surface area (Å²) in [5, 5.41) is 18.0. The number of nitro groups is 1. The second-order valence-corrected chi connectivity index (χ2v) is 6.12. The van der Waals surface area contributed by atoms with Crippen LogP contribution in [0.25, 0.3) is 0 Å². The number of non-ortho nitro benzene ring substituents is 1. The molecule has 0 saturated heterocycles. The molecule has 0 bridgehead atoms. The Hall–Kier alpha value is -3.00. The van der Waals surface area contributed by atoms with Gasteiger partial charge >= 0.3 is 0 Å². The van der Waals surface area contributed by atoms with Gasteiger partial charge in [-0.05, 0) is 61.5 Å². The van der Waals surface area contributed by atoms with Gasteiger partial charge in [0.25, 0.3) is 5.69 Å². The van der Waals surface area contributed by atoms with Crippen molar-refractivity contribution in [3.05, 3.63) is 69.8 Å². The van der Waals surface area contributed by atoms with E-state index in [0.29, 0.717) is 11.7 Å². The Kier molecular flexibility index (Phi) is 7.04. The number of ether oxygens (including phenoxy) is 1. The fourth-order valence-electron chi connectivity index (χ4n) is 2.03. The van der Waals surface area contributed by atoms with Crippen molar-refractivity contribution in [2.75, 3.05) is 0 Å². The van der Waals surface area contributed by atoms with Gasteiger partial charge in [0.15, 0.2) is 5.11 Å². The van der Waals surface area contributed by atoms with Crippen LogP contribution in [0.3, 0.4) is 0 Å². The number of nitro benzene ring substituents is 1. The molecular weight excluding hydrogens is 352 g/mol. The van der Waals surface area contributed by atoms with Gasteiger partial charge in [-0.25, -0.2) is 0 Å². The minimum Gasteiger partial charge on any atom is -0.491 e. The van der Waals surface area contributed by atoms with Gasteiger partial charge in [-0.15, -0.1) is 0 Å². The summed E-state index contributed by atoms with van der Waals surface area (Å²) in [6, 6.07) is 13.8. The van der Waals surface area contributed by atoms with Crippen LogP contribution in [0.4, 0.5) is 5.69 Å². The van der Waals surface area contributed by atoms with E-state index in [0.717, 1.165) is 16.9 Å². The third-order valence-electron chi connectivity index (χ3n) is 3.23. The lowest BCUT2D eigenvalue weighted by Gasteiger charge is -2.11. The van der Waals surface area contributed by atoms with Gasteiger partial charge < -0.3 is 10.1 Å². The van der Waals surface area contributed by atoms with Crippen LogP contribution in [0, 0.1) is 10.1 Å². The van der Waals surface area contributed by atoms with Crippen LogP contribution in [0.2, 0.25) is 0 Å². The van der Waals surface area contributed by atoms with Crippen LogP contribution in [0.1, 0.15) is 25.0 Å². The first-order valence-electron chi connectivity index (χ1n) is 8.01. The molecule has 0 aromatic heterocycles. The van der Waals surface area contributed by atoms with E-state index in [1.54, 1.807) is 12.1 Å². The minimum absolute atomic E-state index is 0.0390. The Morgan fingerprint density at radius 3 is 2.46 bits per heavy atom. The third kappa shape index (κ3) is 6.48. The summed E-state index contributed by atoms with van der Waals surface area (Å²) in [6.45, 7) is 4.52. The Morgan fingerprint density at radius 2 is 1.88 bits per heavy atom. The van der Waals surface area contributed by atoms with E-state index in [9.17, 15) is 10.1 Å². The van der Waals surface area contributed by atoms with Crippen molar-refractivity contribution in [3.63, 3.8) is 0 Å². The average molecular weight is 372 g/mol. The molecule has 136 valence electrons. The molecule has 0 radical (unpaired) electrons. The quantitative estimate of drug-likeness (QED) is 0.335. The van der Waals surface area contributed by atoms with E-state index >= 15 is 0 Å². The second kappa shape index (κ2) is 9.47. The van der Waals surface area contributed by atoms with Crippen molar-refractivity contribution >= 4 is 29.2 Å². The highest BCUT2D eigenvalue weighted by molar-refractivity contribution is 7.80. The Balaban J connectivity index is 1.77. The fourth-order valence-corrected chi connectivity index (χ4v) is 2.15. The van der Waals surface area contributed by atoms with Crippen molar-refractivity contribution < 1.29 is 9.66 Å². The van der Waals surface area contributed by atoms with Gasteiger partial charge in [0.1, 0.15) is 5.75 Å². The van der Waals surface area contributed by atoms with Gasteiger partial charge in [-0.1, -0.05) is 12.1 Å². The van der Waals surface area contributed by atoms with Crippen LogP contribution in [-0.2, 0) is 6.54 Å². The lowest BCUT2D eigenvalue weighted by Crippen LogP contribution is -2.31. The van der Waals surface area contributed by atoms with Gasteiger partial charge in [-0.3, -0.25) is 15.5 Å². The number of hydrogen-bond acceptors (Lipinski definition) is 5. The predicted molar refractivity (Wildman–Crippen MR) is 105 cm³/mol. The van der Waals surface area contributed by atoms with Crippen molar-refractivity contribution in [1.29, 1.82) is 0 Å². The molecule has 0 heterocycles. The van der Waals surface area contributed by atoms with Crippen molar-refractivity contribution in [2.45, 2.75) is 26.5 Å². The summed E-state index contributed by atoms with van der Waals surface area (Å²) >= 11 is 5.16. The molecule has 0 spiro atoms. The lowest BCUT2D eigenvalue weighted by molar-refractivity contribution is -0.384. The fraction of sp³-hybridized carbons (Fsp3) is 0.222. The van der Waals surface area contributed by atoms with Crippen molar-refractivity contribution in [3.8, 4) is 5.75 Å². The summed E-state index contributed by atoms with van der Waals surface area (Å²) in [5.41, 5.74) is 4.53. The smallest absolute Gasteiger partial charge is 0.269 e. The molecule has 0 atom stereocenters. The number of nitrogens with zero attached hydrogens (tertiary/aromatic N) is 2. The number of thiocarbonyl (C=S) groups is 1. The number of rotatable bonds is 7. The molecule has 0 aliphatic carbocycles. The molecule has 2 N–H and O–H groups in total. The van der Waals surface area contributed by atoms with Crippen LogP contribution < -0.4 is 15.5 Å². The first-order chi connectivity index (χ1) is 12.4. The summed E-state index contributed by atoms with van der Waals surface area (Å²) in [4.78, 5) is 10.2. The zero-order valence-electron chi connectivity index (χ0n) is 14.5. The first-order valence-corrected chi connectivity index (χ1v) is 8.42. The summed E-state index contributed by atoms with van der Waals surface area (Å²) in [7, 11) is 0. The molecule has 0 aliphatic heterocycles. The Labute approximate surface area is 157 Å². The van der Waals surface area contributed by atoms with Gasteiger partial charge in [0, 0.05) is 18.7 Å². The number of hydrogen-bond donors (Lipinski definition) is 2. The Morgan fingerprint density at radius 1 is 1.23 bits per heavy atom. The van der Waals surface area contributed by atoms with Gasteiger partial charge in [-0.2, -0.15) is 5.10 Å². The zero-order valence-corrected chi connectivity index (χ0v) is 15.3. The Bertz CT molecular complexity index is 774. The summed E-state index contributed by atoms with van der Waals surface area (Å²) in [5.74, 6) is 0.831. The van der Waals surface area contributed by atoms with Crippen LogP contribution in [0.15, 0.2) is 53.6 Å². The molecular formula is C18H20N4O3S. The zero-order chi connectivity index (χ0) is 18.9. The molecule has 0 aliphatic rings. The highest BCUT2D eigenvalue weighted by Crippen LogP contribution is 2.13. The van der Waals surface area contributed by atoms with Gasteiger partial charge in [0.2, 0.25) is 0 Å². The van der Waals surface area contributed by atoms with Gasteiger partial charge in [0.05, 0.1) is 17.2 Å². The van der Waals surface area contributed by atoms with E-state index in [-0.39, 0.29) is 11.8 Å². The van der Waals surface area contributed by atoms with Crippen molar-refractivity contribution in [2.24, 2.45) is 5.10 Å². The number of hydrazone groups is 1. The van der Waals surface area contributed by atoms with E-state index in [1.807, 2.05) is 38.1 Å². The molecule has 2 aromatic carbocycles. The van der Waals surface area contributed by atoms with E-state index < -0.39 is 4.92 Å². The van der Waals surface area contributed by atoms with Crippen LogP contribution >= 0.6 is 12.2 Å². The predicted octanol–water partition coefficient (Wildman–Crippen LogP) is 3.38. The molecule has 2 rings (SSSR count). The molecule has 0 unspecified atom stereocenters. The van der Waals surface area contributed by atoms with Crippen LogP contribution in [-0.4, -0.2) is 22.4 Å². The highest BCUT2D eigenvalue weighted by Gasteiger charge is 2.02. The van der Waals surface area contributed by atoms with E-state index in [1.165, 1.54) is 18.3 Å². The number of nitrogens with one attached hydrogen (secondary N) is 2. The molecule has 0 fully saturated rings. The van der Waals surface area contributed by atoms with Crippen molar-refractivity contribution in [1.82, 2.24) is 10.7 Å². The topological polar surface area (TPSA) is 88.8 Å². The summed E-state index contributed by atoms with van der Waals surface area (Å²) < 4.78 is 5.60. The average Bonchev–Trinajstić information content (AvgIpc) is 2.61. The second-order valence-electron chi connectivity index (χ2n) is 5.71.